The molecule has 0 spiro atoms. The van der Waals surface area contributed by atoms with E-state index in [4.69, 9.17) is 4.42 Å². The summed E-state index contributed by atoms with van der Waals surface area (Å²) in [4.78, 5) is 26.1. The zero-order chi connectivity index (χ0) is 22.7. The van der Waals surface area contributed by atoms with E-state index in [1.54, 1.807) is 24.3 Å². The average Bonchev–Trinajstić information content (AvgIpc) is 3.28. The van der Waals surface area contributed by atoms with Gasteiger partial charge in [-0.2, -0.15) is 0 Å². The van der Waals surface area contributed by atoms with Crippen LogP contribution in [0.1, 0.15) is 40.9 Å². The Morgan fingerprint density at radius 3 is 2.56 bits per heavy atom. The maximum absolute atomic E-state index is 13.2. The number of anilines is 2. The summed E-state index contributed by atoms with van der Waals surface area (Å²) in [5.41, 5.74) is 3.22. The third-order valence-electron chi connectivity index (χ3n) is 5.70. The number of aryl methyl sites for hydroxylation is 1. The highest BCUT2D eigenvalue weighted by Crippen LogP contribution is 2.31. The van der Waals surface area contributed by atoms with Crippen molar-refractivity contribution in [2.45, 2.75) is 32.8 Å². The van der Waals surface area contributed by atoms with Gasteiger partial charge in [0.2, 0.25) is 0 Å². The van der Waals surface area contributed by atoms with Gasteiger partial charge in [0.05, 0.1) is 16.2 Å². The molecule has 3 aromatic rings. The van der Waals surface area contributed by atoms with Crippen LogP contribution >= 0.6 is 0 Å². The van der Waals surface area contributed by atoms with E-state index in [1.807, 2.05) is 19.1 Å². The van der Waals surface area contributed by atoms with E-state index < -0.39 is 4.92 Å². The first-order chi connectivity index (χ1) is 15.5. The van der Waals surface area contributed by atoms with Crippen molar-refractivity contribution in [3.05, 3.63) is 75.5 Å². The molecule has 8 heteroatoms. The molecule has 1 aliphatic rings. The van der Waals surface area contributed by atoms with Crippen molar-refractivity contribution in [2.24, 2.45) is 0 Å². The number of nitro benzene ring substituents is 1. The van der Waals surface area contributed by atoms with Gasteiger partial charge in [0.1, 0.15) is 18.1 Å². The molecule has 0 saturated carbocycles. The van der Waals surface area contributed by atoms with Crippen LogP contribution in [0.4, 0.5) is 17.1 Å². The van der Waals surface area contributed by atoms with Crippen molar-refractivity contribution in [1.82, 2.24) is 0 Å². The monoisotopic (exact) mass is 435 g/mol. The Balaban J connectivity index is 1.61. The lowest BCUT2D eigenvalue weighted by Gasteiger charge is -2.30. The summed E-state index contributed by atoms with van der Waals surface area (Å²) in [6.45, 7) is 3.38. The third kappa shape index (κ3) is 4.50. The highest BCUT2D eigenvalue weighted by Gasteiger charge is 2.22. The molecule has 0 bridgehead atoms. The molecule has 2 heterocycles. The normalized spacial score (nSPS) is 13.8. The molecule has 1 fully saturated rings. The Labute approximate surface area is 185 Å². The van der Waals surface area contributed by atoms with Crippen LogP contribution in [-0.4, -0.2) is 29.0 Å². The van der Waals surface area contributed by atoms with Crippen LogP contribution in [0.2, 0.25) is 0 Å². The minimum Gasteiger partial charge on any atom is -0.459 e. The number of rotatable bonds is 6. The SMILES string of the molecule is Cc1cc(NC(=O)c2cc([N+](=O)[O-])ccc2N2CCCCC2)ccc1-c1ccc(CO)o1. The predicted octanol–water partition coefficient (Wildman–Crippen LogP) is 4.90. The molecule has 2 N–H and O–H groups in total. The number of amides is 1. The molecule has 0 radical (unpaired) electrons. The number of hydrogen-bond acceptors (Lipinski definition) is 6. The fourth-order valence-corrected chi connectivity index (χ4v) is 4.05. The predicted molar refractivity (Wildman–Crippen MR) is 122 cm³/mol. The molecule has 0 unspecified atom stereocenters. The first-order valence-electron chi connectivity index (χ1n) is 10.6. The van der Waals surface area contributed by atoms with Crippen LogP contribution in [0.25, 0.3) is 11.3 Å². The number of aliphatic hydroxyl groups is 1. The van der Waals surface area contributed by atoms with Gasteiger partial charge in [-0.05, 0) is 68.1 Å². The van der Waals surface area contributed by atoms with E-state index in [2.05, 4.69) is 10.2 Å². The van der Waals surface area contributed by atoms with Crippen LogP contribution in [0.15, 0.2) is 52.9 Å². The van der Waals surface area contributed by atoms with Gasteiger partial charge in [-0.15, -0.1) is 0 Å². The first-order valence-corrected chi connectivity index (χ1v) is 10.6. The zero-order valence-electron chi connectivity index (χ0n) is 17.8. The van der Waals surface area contributed by atoms with Crippen molar-refractivity contribution < 1.29 is 19.2 Å². The van der Waals surface area contributed by atoms with Gasteiger partial charge in [-0.1, -0.05) is 0 Å². The van der Waals surface area contributed by atoms with Crippen LogP contribution in [0.3, 0.4) is 0 Å². The Kier molecular flexibility index (Phi) is 6.23. The first kappa shape index (κ1) is 21.6. The number of benzene rings is 2. The van der Waals surface area contributed by atoms with E-state index in [9.17, 15) is 20.0 Å². The number of carbonyl (C=O) groups is 1. The topological polar surface area (TPSA) is 109 Å². The molecule has 1 aromatic heterocycles. The van der Waals surface area contributed by atoms with Crippen LogP contribution in [0.5, 0.6) is 0 Å². The minimum atomic E-state index is -0.486. The number of nitrogens with one attached hydrogen (secondary N) is 1. The molecule has 0 aliphatic carbocycles. The van der Waals surface area contributed by atoms with Gasteiger partial charge in [0.25, 0.3) is 11.6 Å². The molecular formula is C24H25N3O5. The summed E-state index contributed by atoms with van der Waals surface area (Å²) in [5.74, 6) is 0.727. The molecule has 4 rings (SSSR count). The second-order valence-corrected chi connectivity index (χ2v) is 7.91. The molecule has 1 saturated heterocycles. The Hall–Kier alpha value is -3.65. The van der Waals surface area contributed by atoms with Crippen molar-refractivity contribution in [3.8, 4) is 11.3 Å². The number of non-ortho nitro benzene ring substituents is 1. The lowest BCUT2D eigenvalue weighted by molar-refractivity contribution is -0.384. The Bertz CT molecular complexity index is 1150. The summed E-state index contributed by atoms with van der Waals surface area (Å²) < 4.78 is 5.60. The van der Waals surface area contributed by atoms with Crippen molar-refractivity contribution in [1.29, 1.82) is 0 Å². The minimum absolute atomic E-state index is 0.111. The number of furan rings is 1. The second kappa shape index (κ2) is 9.23. The number of hydrogen-bond donors (Lipinski definition) is 2. The average molecular weight is 435 g/mol. The van der Waals surface area contributed by atoms with Crippen LogP contribution < -0.4 is 10.2 Å². The number of piperidine rings is 1. The third-order valence-corrected chi connectivity index (χ3v) is 5.70. The molecule has 1 amide bonds. The highest BCUT2D eigenvalue weighted by atomic mass is 16.6. The standard InChI is InChI=1S/C24H25N3O5/c1-16-13-17(5-8-20(16)23-10-7-19(15-28)32-23)25-24(29)21-14-18(27(30)31)6-9-22(21)26-11-3-2-4-12-26/h5-10,13-14,28H,2-4,11-12,15H2,1H3,(H,25,29). The highest BCUT2D eigenvalue weighted by molar-refractivity contribution is 6.08. The van der Waals surface area contributed by atoms with Gasteiger partial charge in [-0.25, -0.2) is 0 Å². The van der Waals surface area contributed by atoms with E-state index in [0.29, 0.717) is 28.5 Å². The van der Waals surface area contributed by atoms with Gasteiger partial charge >= 0.3 is 0 Å². The zero-order valence-corrected chi connectivity index (χ0v) is 17.8. The summed E-state index contributed by atoms with van der Waals surface area (Å²) in [6, 6.07) is 13.4. The van der Waals surface area contributed by atoms with Crippen molar-refractivity contribution >= 4 is 23.0 Å². The summed E-state index contributed by atoms with van der Waals surface area (Å²) in [7, 11) is 0. The van der Waals surface area contributed by atoms with E-state index in [0.717, 1.165) is 43.5 Å². The lowest BCUT2D eigenvalue weighted by atomic mass is 10.0. The molecule has 166 valence electrons. The molecule has 8 nitrogen and oxygen atoms in total. The molecule has 32 heavy (non-hydrogen) atoms. The second-order valence-electron chi connectivity index (χ2n) is 7.91. The summed E-state index contributed by atoms with van der Waals surface area (Å²) in [6.07, 6.45) is 3.21. The maximum Gasteiger partial charge on any atom is 0.270 e. The van der Waals surface area contributed by atoms with E-state index in [-0.39, 0.29) is 18.2 Å². The fourth-order valence-electron chi connectivity index (χ4n) is 4.05. The Morgan fingerprint density at radius 2 is 1.91 bits per heavy atom. The number of nitrogens with zero attached hydrogens (tertiary/aromatic N) is 2. The Morgan fingerprint density at radius 1 is 1.12 bits per heavy atom. The molecule has 1 aliphatic heterocycles. The van der Waals surface area contributed by atoms with Crippen molar-refractivity contribution in [3.63, 3.8) is 0 Å². The van der Waals surface area contributed by atoms with Gasteiger partial charge in [-0.3, -0.25) is 14.9 Å². The molecular weight excluding hydrogens is 410 g/mol. The summed E-state index contributed by atoms with van der Waals surface area (Å²) in [5, 5.41) is 23.4. The van der Waals surface area contributed by atoms with E-state index >= 15 is 0 Å². The van der Waals surface area contributed by atoms with Crippen LogP contribution in [-0.2, 0) is 6.61 Å². The number of carbonyl (C=O) groups excluding carboxylic acids is 1. The summed E-state index contributed by atoms with van der Waals surface area (Å²) >= 11 is 0. The lowest BCUT2D eigenvalue weighted by Crippen LogP contribution is -2.31. The van der Waals surface area contributed by atoms with Crippen LogP contribution in [0, 0.1) is 17.0 Å². The molecule has 2 aromatic carbocycles. The van der Waals surface area contributed by atoms with Gasteiger partial charge in [0.15, 0.2) is 0 Å². The number of aliphatic hydroxyl groups excluding tert-OH is 1. The maximum atomic E-state index is 13.2. The van der Waals surface area contributed by atoms with Gasteiger partial charge in [0, 0.05) is 36.5 Å². The largest absolute Gasteiger partial charge is 0.459 e. The number of nitro groups is 1. The molecule has 0 atom stereocenters. The smallest absolute Gasteiger partial charge is 0.270 e. The fraction of sp³-hybridized carbons (Fsp3) is 0.292. The van der Waals surface area contributed by atoms with Gasteiger partial charge < -0.3 is 19.7 Å². The van der Waals surface area contributed by atoms with E-state index in [1.165, 1.54) is 12.1 Å². The quantitative estimate of drug-likeness (QED) is 0.421. The van der Waals surface area contributed by atoms with Crippen molar-refractivity contribution in [2.75, 3.05) is 23.3 Å².